The van der Waals surface area contributed by atoms with Crippen LogP contribution < -0.4 is 0 Å². The lowest BCUT2D eigenvalue weighted by Crippen LogP contribution is -1.98. The summed E-state index contributed by atoms with van der Waals surface area (Å²) in [6.07, 6.45) is 1.60. The molecule has 1 aromatic carbocycles. The van der Waals surface area contributed by atoms with E-state index in [-0.39, 0.29) is 6.61 Å². The van der Waals surface area contributed by atoms with Crippen molar-refractivity contribution < 1.29 is 9.50 Å². The van der Waals surface area contributed by atoms with Gasteiger partial charge in [0.05, 0.1) is 23.0 Å². The highest BCUT2D eigenvalue weighted by Gasteiger charge is 2.06. The summed E-state index contributed by atoms with van der Waals surface area (Å²) in [6.45, 7) is 1.56. The number of aliphatic hydroxyl groups excluding tert-OH is 1. The van der Waals surface area contributed by atoms with E-state index in [4.69, 9.17) is 16.7 Å². The van der Waals surface area contributed by atoms with E-state index >= 15 is 0 Å². The molecule has 0 aliphatic heterocycles. The van der Waals surface area contributed by atoms with Crippen LogP contribution in [0.25, 0.3) is 5.69 Å². The Bertz CT molecular complexity index is 505. The first-order chi connectivity index (χ1) is 7.60. The van der Waals surface area contributed by atoms with Crippen molar-refractivity contribution in [2.24, 2.45) is 0 Å². The number of halogens is 2. The Morgan fingerprint density at radius 2 is 2.19 bits per heavy atom. The van der Waals surface area contributed by atoms with Crippen LogP contribution in [0.2, 0.25) is 5.02 Å². The molecule has 2 rings (SSSR count). The van der Waals surface area contributed by atoms with Crippen LogP contribution in [-0.4, -0.2) is 14.9 Å². The molecule has 0 fully saturated rings. The lowest BCUT2D eigenvalue weighted by molar-refractivity contribution is 0.281. The lowest BCUT2D eigenvalue weighted by atomic mass is 10.2. The van der Waals surface area contributed by atoms with Crippen molar-refractivity contribution in [3.63, 3.8) is 0 Å². The van der Waals surface area contributed by atoms with Gasteiger partial charge in [-0.2, -0.15) is 5.10 Å². The molecule has 0 saturated heterocycles. The number of aliphatic hydroxyl groups is 1. The maximum Gasteiger partial charge on any atom is 0.125 e. The van der Waals surface area contributed by atoms with Gasteiger partial charge in [-0.3, -0.25) is 0 Å². The third-order valence-electron chi connectivity index (χ3n) is 2.23. The maximum absolute atomic E-state index is 13.2. The summed E-state index contributed by atoms with van der Waals surface area (Å²) in [7, 11) is 0. The van der Waals surface area contributed by atoms with Crippen LogP contribution in [0.3, 0.4) is 0 Å². The van der Waals surface area contributed by atoms with Crippen LogP contribution in [-0.2, 0) is 6.61 Å². The predicted octanol–water partition coefficient (Wildman–Crippen LogP) is 2.47. The molecule has 0 amide bonds. The molecule has 0 radical (unpaired) electrons. The molecule has 1 aromatic heterocycles. The molecule has 5 heteroatoms. The van der Waals surface area contributed by atoms with Crippen molar-refractivity contribution in [2.45, 2.75) is 13.5 Å². The van der Waals surface area contributed by atoms with Crippen molar-refractivity contribution in [1.82, 2.24) is 9.78 Å². The topological polar surface area (TPSA) is 38.0 Å². The Kier molecular flexibility index (Phi) is 2.94. The van der Waals surface area contributed by atoms with E-state index in [2.05, 4.69) is 5.10 Å². The monoisotopic (exact) mass is 240 g/mol. The van der Waals surface area contributed by atoms with E-state index < -0.39 is 5.82 Å². The van der Waals surface area contributed by atoms with Gasteiger partial charge in [0.25, 0.3) is 0 Å². The van der Waals surface area contributed by atoms with Gasteiger partial charge in [0.2, 0.25) is 0 Å². The first kappa shape index (κ1) is 11.1. The maximum atomic E-state index is 13.2. The summed E-state index contributed by atoms with van der Waals surface area (Å²) in [5.74, 6) is -0.411. The number of hydrogen-bond acceptors (Lipinski definition) is 2. The largest absolute Gasteiger partial charge is 0.392 e. The van der Waals surface area contributed by atoms with Crippen molar-refractivity contribution in [2.75, 3.05) is 0 Å². The highest BCUT2D eigenvalue weighted by atomic mass is 35.5. The first-order valence-electron chi connectivity index (χ1n) is 4.72. The summed E-state index contributed by atoms with van der Waals surface area (Å²) < 4.78 is 14.7. The Balaban J connectivity index is 2.50. The van der Waals surface area contributed by atoms with Crippen LogP contribution in [0.4, 0.5) is 4.39 Å². The molecule has 1 heterocycles. The highest BCUT2D eigenvalue weighted by molar-refractivity contribution is 6.31. The Labute approximate surface area is 97.1 Å². The van der Waals surface area contributed by atoms with Crippen molar-refractivity contribution in [1.29, 1.82) is 0 Å². The molecule has 84 valence electrons. The Morgan fingerprint density at radius 3 is 2.75 bits per heavy atom. The lowest BCUT2D eigenvalue weighted by Gasteiger charge is -2.04. The smallest absolute Gasteiger partial charge is 0.125 e. The molecule has 16 heavy (non-hydrogen) atoms. The normalized spacial score (nSPS) is 10.8. The Morgan fingerprint density at radius 1 is 1.44 bits per heavy atom. The van der Waals surface area contributed by atoms with E-state index in [1.807, 2.05) is 0 Å². The third kappa shape index (κ3) is 2.08. The quantitative estimate of drug-likeness (QED) is 0.876. The van der Waals surface area contributed by atoms with Gasteiger partial charge in [-0.15, -0.1) is 0 Å². The second-order valence-corrected chi connectivity index (χ2v) is 3.89. The van der Waals surface area contributed by atoms with Crippen LogP contribution in [0.1, 0.15) is 11.3 Å². The molecule has 2 aromatic rings. The zero-order chi connectivity index (χ0) is 11.7. The first-order valence-corrected chi connectivity index (χ1v) is 5.10. The molecule has 0 saturated carbocycles. The molecular weight excluding hydrogens is 231 g/mol. The molecule has 3 nitrogen and oxygen atoms in total. The minimum Gasteiger partial charge on any atom is -0.392 e. The van der Waals surface area contributed by atoms with Crippen LogP contribution >= 0.6 is 11.6 Å². The number of aryl methyl sites for hydroxylation is 1. The zero-order valence-corrected chi connectivity index (χ0v) is 9.37. The van der Waals surface area contributed by atoms with Crippen LogP contribution in [0.5, 0.6) is 0 Å². The van der Waals surface area contributed by atoms with Gasteiger partial charge in [-0.25, -0.2) is 9.07 Å². The van der Waals surface area contributed by atoms with Crippen LogP contribution in [0.15, 0.2) is 24.4 Å². The number of rotatable bonds is 2. The Hall–Kier alpha value is -1.39. The molecule has 0 unspecified atom stereocenters. The summed E-state index contributed by atoms with van der Waals surface area (Å²) in [5, 5.41) is 13.6. The van der Waals surface area contributed by atoms with E-state index in [0.29, 0.717) is 22.0 Å². The van der Waals surface area contributed by atoms with Gasteiger partial charge in [-0.05, 0) is 30.7 Å². The number of nitrogens with zero attached hydrogens (tertiary/aromatic N) is 2. The fourth-order valence-electron chi connectivity index (χ4n) is 1.43. The van der Waals surface area contributed by atoms with Gasteiger partial charge in [0, 0.05) is 6.20 Å². The average Bonchev–Trinajstić information content (AvgIpc) is 2.58. The van der Waals surface area contributed by atoms with Gasteiger partial charge < -0.3 is 5.11 Å². The molecule has 0 aliphatic carbocycles. The molecular formula is C11H10ClFN2O. The summed E-state index contributed by atoms with van der Waals surface area (Å²) in [6, 6.07) is 4.27. The zero-order valence-electron chi connectivity index (χ0n) is 8.61. The van der Waals surface area contributed by atoms with Gasteiger partial charge in [-0.1, -0.05) is 11.6 Å². The number of aromatic nitrogens is 2. The minimum atomic E-state index is -0.411. The molecule has 1 N–H and O–H groups in total. The van der Waals surface area contributed by atoms with E-state index in [1.165, 1.54) is 16.8 Å². The van der Waals surface area contributed by atoms with Gasteiger partial charge in [0.1, 0.15) is 5.82 Å². The van der Waals surface area contributed by atoms with Crippen molar-refractivity contribution >= 4 is 11.6 Å². The summed E-state index contributed by atoms with van der Waals surface area (Å²) in [4.78, 5) is 0. The van der Waals surface area contributed by atoms with Gasteiger partial charge >= 0.3 is 0 Å². The second-order valence-electron chi connectivity index (χ2n) is 3.48. The minimum absolute atomic E-state index is 0.210. The fourth-order valence-corrected chi connectivity index (χ4v) is 1.56. The predicted molar refractivity (Wildman–Crippen MR) is 59.2 cm³/mol. The standard InChI is InChI=1S/C11H10ClFN2O/c1-7-11(12)5-15(14-7)10-3-8(6-16)2-9(13)4-10/h2-5,16H,6H2,1H3. The fraction of sp³-hybridized carbons (Fsp3) is 0.182. The molecule has 0 aliphatic rings. The summed E-state index contributed by atoms with van der Waals surface area (Å²) >= 11 is 5.87. The van der Waals surface area contributed by atoms with Crippen molar-refractivity contribution in [3.8, 4) is 5.69 Å². The highest BCUT2D eigenvalue weighted by Crippen LogP contribution is 2.18. The molecule has 0 bridgehead atoms. The second kappa shape index (κ2) is 4.23. The van der Waals surface area contributed by atoms with E-state index in [9.17, 15) is 4.39 Å². The molecule has 0 spiro atoms. The SMILES string of the molecule is Cc1nn(-c2cc(F)cc(CO)c2)cc1Cl. The van der Waals surface area contributed by atoms with Crippen molar-refractivity contribution in [3.05, 3.63) is 46.5 Å². The average molecular weight is 241 g/mol. The third-order valence-corrected chi connectivity index (χ3v) is 2.60. The summed E-state index contributed by atoms with van der Waals surface area (Å²) in [5.41, 5.74) is 1.72. The van der Waals surface area contributed by atoms with E-state index in [1.54, 1.807) is 19.2 Å². The van der Waals surface area contributed by atoms with Gasteiger partial charge in [0.15, 0.2) is 0 Å². The van der Waals surface area contributed by atoms with Crippen LogP contribution in [0, 0.1) is 12.7 Å². The van der Waals surface area contributed by atoms with E-state index in [0.717, 1.165) is 0 Å². The number of hydrogen-bond donors (Lipinski definition) is 1. The number of benzene rings is 1. The molecule has 0 atom stereocenters.